The first-order valence-corrected chi connectivity index (χ1v) is 6.69. The van der Waals surface area contributed by atoms with Crippen LogP contribution in [0.3, 0.4) is 0 Å². The number of rotatable bonds is 7. The van der Waals surface area contributed by atoms with Gasteiger partial charge in [0, 0.05) is 18.8 Å². The van der Waals surface area contributed by atoms with Crippen molar-refractivity contribution in [3.63, 3.8) is 0 Å². The predicted molar refractivity (Wildman–Crippen MR) is 76.5 cm³/mol. The summed E-state index contributed by atoms with van der Waals surface area (Å²) in [5, 5.41) is 0. The van der Waals surface area contributed by atoms with Crippen molar-refractivity contribution in [2.45, 2.75) is 33.6 Å². The van der Waals surface area contributed by atoms with E-state index in [2.05, 4.69) is 49.9 Å². The van der Waals surface area contributed by atoms with E-state index in [1.54, 1.807) is 0 Å². The quantitative estimate of drug-likeness (QED) is 0.785. The number of benzene rings is 1. The van der Waals surface area contributed by atoms with Gasteiger partial charge >= 0.3 is 0 Å². The SMILES string of the molecule is CCC(C)CN(CCCN)c1ccccc1C. The molecule has 0 amide bonds. The fourth-order valence-electron chi connectivity index (χ4n) is 2.02. The van der Waals surface area contributed by atoms with Gasteiger partial charge in [0.05, 0.1) is 0 Å². The number of para-hydroxylation sites is 1. The standard InChI is InChI=1S/C15H26N2/c1-4-13(2)12-17(11-7-10-16)15-9-6-5-8-14(15)3/h5-6,8-9,13H,4,7,10-12,16H2,1-3H3. The highest BCUT2D eigenvalue weighted by atomic mass is 15.1. The molecular formula is C15H26N2. The van der Waals surface area contributed by atoms with Crippen molar-refractivity contribution < 1.29 is 0 Å². The molecule has 0 radical (unpaired) electrons. The minimum absolute atomic E-state index is 0.729. The normalized spacial score (nSPS) is 12.5. The van der Waals surface area contributed by atoms with Crippen molar-refractivity contribution >= 4 is 5.69 Å². The van der Waals surface area contributed by atoms with Crippen LogP contribution in [0.2, 0.25) is 0 Å². The molecule has 2 nitrogen and oxygen atoms in total. The summed E-state index contributed by atoms with van der Waals surface area (Å²) in [5.74, 6) is 0.729. The molecule has 1 unspecified atom stereocenters. The zero-order valence-corrected chi connectivity index (χ0v) is 11.4. The third-order valence-electron chi connectivity index (χ3n) is 3.32. The third-order valence-corrected chi connectivity index (χ3v) is 3.32. The second-order valence-electron chi connectivity index (χ2n) is 4.89. The Bertz CT molecular complexity index is 322. The van der Waals surface area contributed by atoms with E-state index < -0.39 is 0 Å². The minimum Gasteiger partial charge on any atom is -0.371 e. The highest BCUT2D eigenvalue weighted by Gasteiger charge is 2.11. The van der Waals surface area contributed by atoms with Gasteiger partial charge in [-0.2, -0.15) is 0 Å². The van der Waals surface area contributed by atoms with Gasteiger partial charge in [-0.3, -0.25) is 0 Å². The zero-order valence-electron chi connectivity index (χ0n) is 11.4. The van der Waals surface area contributed by atoms with Gasteiger partial charge in [0.1, 0.15) is 0 Å². The van der Waals surface area contributed by atoms with E-state index in [1.165, 1.54) is 17.7 Å². The van der Waals surface area contributed by atoms with Gasteiger partial charge in [-0.1, -0.05) is 38.5 Å². The molecule has 1 aromatic carbocycles. The predicted octanol–water partition coefficient (Wildman–Crippen LogP) is 3.20. The van der Waals surface area contributed by atoms with E-state index in [0.717, 1.165) is 32.0 Å². The number of anilines is 1. The first-order chi connectivity index (χ1) is 8.19. The third kappa shape index (κ3) is 4.39. The molecule has 1 aromatic rings. The highest BCUT2D eigenvalue weighted by Crippen LogP contribution is 2.21. The van der Waals surface area contributed by atoms with Gasteiger partial charge in [0.15, 0.2) is 0 Å². The van der Waals surface area contributed by atoms with Crippen LogP contribution >= 0.6 is 0 Å². The first kappa shape index (κ1) is 14.0. The smallest absolute Gasteiger partial charge is 0.0396 e. The van der Waals surface area contributed by atoms with Crippen LogP contribution in [-0.2, 0) is 0 Å². The van der Waals surface area contributed by atoms with Crippen LogP contribution < -0.4 is 10.6 Å². The molecule has 2 N–H and O–H groups in total. The summed E-state index contributed by atoms with van der Waals surface area (Å²) in [6, 6.07) is 8.62. The Balaban J connectivity index is 2.78. The molecule has 0 aliphatic rings. The topological polar surface area (TPSA) is 29.3 Å². The fourth-order valence-corrected chi connectivity index (χ4v) is 2.02. The zero-order chi connectivity index (χ0) is 12.7. The average Bonchev–Trinajstić information content (AvgIpc) is 2.35. The Morgan fingerprint density at radius 2 is 2.00 bits per heavy atom. The van der Waals surface area contributed by atoms with Crippen molar-refractivity contribution in [3.8, 4) is 0 Å². The maximum Gasteiger partial charge on any atom is 0.0396 e. The van der Waals surface area contributed by atoms with Crippen LogP contribution in [0, 0.1) is 12.8 Å². The lowest BCUT2D eigenvalue weighted by Gasteiger charge is -2.29. The van der Waals surface area contributed by atoms with E-state index in [-0.39, 0.29) is 0 Å². The van der Waals surface area contributed by atoms with Crippen molar-refractivity contribution in [1.29, 1.82) is 0 Å². The van der Waals surface area contributed by atoms with Crippen molar-refractivity contribution in [3.05, 3.63) is 29.8 Å². The molecule has 0 fully saturated rings. The summed E-state index contributed by atoms with van der Waals surface area (Å²) in [6.07, 6.45) is 2.29. The molecule has 0 aliphatic carbocycles. The molecule has 1 rings (SSSR count). The van der Waals surface area contributed by atoms with Gasteiger partial charge in [0.25, 0.3) is 0 Å². The molecule has 0 aliphatic heterocycles. The van der Waals surface area contributed by atoms with Gasteiger partial charge in [-0.15, -0.1) is 0 Å². The number of hydrogen-bond donors (Lipinski definition) is 1. The molecule has 0 heterocycles. The van der Waals surface area contributed by atoms with Gasteiger partial charge in [-0.25, -0.2) is 0 Å². The molecular weight excluding hydrogens is 208 g/mol. The summed E-state index contributed by atoms with van der Waals surface area (Å²) in [7, 11) is 0. The lowest BCUT2D eigenvalue weighted by Crippen LogP contribution is -2.31. The lowest BCUT2D eigenvalue weighted by atomic mass is 10.1. The molecule has 2 heteroatoms. The first-order valence-electron chi connectivity index (χ1n) is 6.69. The van der Waals surface area contributed by atoms with Crippen LogP contribution in [0.5, 0.6) is 0 Å². The second kappa shape index (κ2) is 7.33. The van der Waals surface area contributed by atoms with Crippen LogP contribution in [0.25, 0.3) is 0 Å². The largest absolute Gasteiger partial charge is 0.371 e. The van der Waals surface area contributed by atoms with Gasteiger partial charge in [0.2, 0.25) is 0 Å². The van der Waals surface area contributed by atoms with E-state index in [4.69, 9.17) is 5.73 Å². The van der Waals surface area contributed by atoms with Crippen molar-refractivity contribution in [2.24, 2.45) is 11.7 Å². The van der Waals surface area contributed by atoms with E-state index in [1.807, 2.05) is 0 Å². The fraction of sp³-hybridized carbons (Fsp3) is 0.600. The van der Waals surface area contributed by atoms with Gasteiger partial charge < -0.3 is 10.6 Å². The summed E-state index contributed by atoms with van der Waals surface area (Å²) in [4.78, 5) is 2.48. The number of nitrogens with zero attached hydrogens (tertiary/aromatic N) is 1. The maximum atomic E-state index is 5.63. The molecule has 0 saturated carbocycles. The van der Waals surface area contributed by atoms with E-state index in [0.29, 0.717) is 0 Å². The minimum atomic E-state index is 0.729. The van der Waals surface area contributed by atoms with E-state index >= 15 is 0 Å². The molecule has 0 saturated heterocycles. The summed E-state index contributed by atoms with van der Waals surface area (Å²) in [6.45, 7) is 9.70. The number of hydrogen-bond acceptors (Lipinski definition) is 2. The molecule has 0 bridgehead atoms. The summed E-state index contributed by atoms with van der Waals surface area (Å²) < 4.78 is 0. The molecule has 17 heavy (non-hydrogen) atoms. The molecule has 0 spiro atoms. The Hall–Kier alpha value is -1.02. The summed E-state index contributed by atoms with van der Waals surface area (Å²) >= 11 is 0. The molecule has 0 aromatic heterocycles. The highest BCUT2D eigenvalue weighted by molar-refractivity contribution is 5.52. The maximum absolute atomic E-state index is 5.63. The van der Waals surface area contributed by atoms with Crippen LogP contribution in [0.15, 0.2) is 24.3 Å². The van der Waals surface area contributed by atoms with E-state index in [9.17, 15) is 0 Å². The van der Waals surface area contributed by atoms with Crippen molar-refractivity contribution in [1.82, 2.24) is 0 Å². The van der Waals surface area contributed by atoms with Crippen LogP contribution in [0.4, 0.5) is 5.69 Å². The monoisotopic (exact) mass is 234 g/mol. The Kier molecular flexibility index (Phi) is 6.06. The van der Waals surface area contributed by atoms with Crippen LogP contribution in [0.1, 0.15) is 32.3 Å². The second-order valence-corrected chi connectivity index (χ2v) is 4.89. The summed E-state index contributed by atoms with van der Waals surface area (Å²) in [5.41, 5.74) is 8.35. The Morgan fingerprint density at radius 1 is 1.29 bits per heavy atom. The Morgan fingerprint density at radius 3 is 2.59 bits per heavy atom. The Labute approximate surface area is 106 Å². The van der Waals surface area contributed by atoms with Gasteiger partial charge in [-0.05, 0) is 37.4 Å². The molecule has 96 valence electrons. The molecule has 1 atom stereocenters. The average molecular weight is 234 g/mol. The number of aryl methyl sites for hydroxylation is 1. The lowest BCUT2D eigenvalue weighted by molar-refractivity contribution is 0.538. The van der Waals surface area contributed by atoms with Crippen LogP contribution in [-0.4, -0.2) is 19.6 Å². The number of nitrogens with two attached hydrogens (primary N) is 1. The van der Waals surface area contributed by atoms with Crippen molar-refractivity contribution in [2.75, 3.05) is 24.5 Å².